The third-order valence-electron chi connectivity index (χ3n) is 5.85. The molecule has 0 unspecified atom stereocenters. The molecule has 0 aromatic heterocycles. The number of benzene rings is 2. The number of sulfonamides is 1. The molecule has 3 rings (SSSR count). The second-order valence-electron chi connectivity index (χ2n) is 8.66. The molecule has 1 fully saturated rings. The lowest BCUT2D eigenvalue weighted by atomic mass is 10.0. The van der Waals surface area contributed by atoms with E-state index in [0.717, 1.165) is 33.6 Å². The third kappa shape index (κ3) is 7.04. The normalized spacial score (nSPS) is 16.5. The number of halogens is 3. The van der Waals surface area contributed by atoms with E-state index in [0.29, 0.717) is 25.3 Å². The van der Waals surface area contributed by atoms with Crippen LogP contribution in [0.5, 0.6) is 0 Å². The quantitative estimate of drug-likeness (QED) is 0.598. The molecule has 2 N–H and O–H groups in total. The first-order valence-corrected chi connectivity index (χ1v) is 12.6. The second kappa shape index (κ2) is 10.8. The summed E-state index contributed by atoms with van der Waals surface area (Å²) in [5.41, 5.74) is 0.922. The summed E-state index contributed by atoms with van der Waals surface area (Å²) in [6, 6.07) is 10.1. The lowest BCUT2D eigenvalue weighted by Crippen LogP contribution is -2.53. The summed E-state index contributed by atoms with van der Waals surface area (Å²) in [5, 5.41) is 5.53. The average Bonchev–Trinajstić information content (AvgIpc) is 2.79. The van der Waals surface area contributed by atoms with Crippen molar-refractivity contribution in [1.29, 1.82) is 0 Å². The van der Waals surface area contributed by atoms with Crippen molar-refractivity contribution >= 4 is 21.8 Å². The minimum atomic E-state index is -4.65. The van der Waals surface area contributed by atoms with Crippen molar-refractivity contribution in [2.24, 2.45) is 0 Å². The second-order valence-corrected chi connectivity index (χ2v) is 10.6. The van der Waals surface area contributed by atoms with E-state index in [1.54, 1.807) is 0 Å². The van der Waals surface area contributed by atoms with E-state index >= 15 is 0 Å². The van der Waals surface area contributed by atoms with Gasteiger partial charge in [0.15, 0.2) is 0 Å². The van der Waals surface area contributed by atoms with Gasteiger partial charge in [-0.2, -0.15) is 17.5 Å². The van der Waals surface area contributed by atoms with E-state index < -0.39 is 32.7 Å². The fourth-order valence-corrected chi connectivity index (χ4v) is 5.45. The Morgan fingerprint density at radius 1 is 1.09 bits per heavy atom. The molecule has 7 nitrogen and oxygen atoms in total. The fourth-order valence-electron chi connectivity index (χ4n) is 3.94. The molecule has 0 bridgehead atoms. The molecule has 1 aliphatic heterocycles. The number of amides is 2. The zero-order valence-corrected chi connectivity index (χ0v) is 20.2. The van der Waals surface area contributed by atoms with Gasteiger partial charge in [-0.1, -0.05) is 35.9 Å². The highest BCUT2D eigenvalue weighted by atomic mass is 32.2. The maximum Gasteiger partial charge on any atom is 0.416 e. The molecule has 1 atom stereocenters. The van der Waals surface area contributed by atoms with Crippen LogP contribution in [0.25, 0.3) is 0 Å². The van der Waals surface area contributed by atoms with E-state index in [-0.39, 0.29) is 30.9 Å². The van der Waals surface area contributed by atoms with E-state index in [1.165, 1.54) is 6.92 Å². The molecule has 1 saturated heterocycles. The summed E-state index contributed by atoms with van der Waals surface area (Å²) in [7, 11) is -4.11. The van der Waals surface area contributed by atoms with Gasteiger partial charge in [0.1, 0.15) is 6.04 Å². The van der Waals surface area contributed by atoms with Gasteiger partial charge in [-0.3, -0.25) is 9.59 Å². The van der Waals surface area contributed by atoms with E-state index in [1.807, 2.05) is 31.2 Å². The maximum absolute atomic E-state index is 13.0. The van der Waals surface area contributed by atoms with Crippen molar-refractivity contribution in [3.63, 3.8) is 0 Å². The van der Waals surface area contributed by atoms with Crippen molar-refractivity contribution in [3.8, 4) is 0 Å². The van der Waals surface area contributed by atoms with Crippen molar-refractivity contribution < 1.29 is 31.2 Å². The number of carbonyl (C=O) groups is 2. The molecule has 2 aromatic rings. The van der Waals surface area contributed by atoms with Gasteiger partial charge in [0, 0.05) is 32.5 Å². The molecule has 35 heavy (non-hydrogen) atoms. The number of nitrogens with zero attached hydrogens (tertiary/aromatic N) is 1. The number of hydrogen-bond donors (Lipinski definition) is 2. The molecule has 0 aliphatic carbocycles. The summed E-state index contributed by atoms with van der Waals surface area (Å²) in [4.78, 5) is 24.1. The minimum Gasteiger partial charge on any atom is -0.351 e. The summed E-state index contributed by atoms with van der Waals surface area (Å²) in [5.74, 6) is -0.723. The monoisotopic (exact) mass is 511 g/mol. The Morgan fingerprint density at radius 2 is 1.71 bits per heavy atom. The molecule has 2 amide bonds. The van der Waals surface area contributed by atoms with E-state index in [9.17, 15) is 31.2 Å². The van der Waals surface area contributed by atoms with Gasteiger partial charge in [0.25, 0.3) is 0 Å². The first-order chi connectivity index (χ1) is 16.4. The highest BCUT2D eigenvalue weighted by molar-refractivity contribution is 7.89. The highest BCUT2D eigenvalue weighted by Gasteiger charge is 2.34. The molecule has 0 spiro atoms. The molecule has 11 heteroatoms. The molecule has 2 aromatic carbocycles. The third-order valence-corrected chi connectivity index (χ3v) is 7.75. The van der Waals surface area contributed by atoms with Crippen LogP contribution < -0.4 is 10.6 Å². The first-order valence-electron chi connectivity index (χ1n) is 11.2. The van der Waals surface area contributed by atoms with Crippen LogP contribution in [0.15, 0.2) is 53.4 Å². The number of piperidine rings is 1. The topological polar surface area (TPSA) is 95.6 Å². The van der Waals surface area contributed by atoms with Crippen LogP contribution in [0, 0.1) is 6.92 Å². The van der Waals surface area contributed by atoms with Crippen molar-refractivity contribution in [2.75, 3.05) is 13.1 Å². The number of alkyl halides is 3. The van der Waals surface area contributed by atoms with Gasteiger partial charge in [-0.25, -0.2) is 8.42 Å². The van der Waals surface area contributed by atoms with Crippen LogP contribution in [-0.2, 0) is 32.2 Å². The van der Waals surface area contributed by atoms with Gasteiger partial charge in [0.05, 0.1) is 10.5 Å². The summed E-state index contributed by atoms with van der Waals surface area (Å²) < 4.78 is 65.9. The smallest absolute Gasteiger partial charge is 0.351 e. The van der Waals surface area contributed by atoms with Gasteiger partial charge in [-0.15, -0.1) is 0 Å². The van der Waals surface area contributed by atoms with E-state index in [4.69, 9.17) is 0 Å². The summed E-state index contributed by atoms with van der Waals surface area (Å²) in [6.07, 6.45) is -3.76. The Labute approximate surface area is 202 Å². The first kappa shape index (κ1) is 26.7. The summed E-state index contributed by atoms with van der Waals surface area (Å²) >= 11 is 0. The lowest BCUT2D eigenvalue weighted by molar-refractivity contribution is -0.137. The standard InChI is InChI=1S/C24H28F3N3O4S/c1-16-6-8-18(9-7-16)14-22(28-17(2)31)23(32)29-20-10-12-30(13-11-20)35(33,34)21-5-3-4-19(15-21)24(25,26)27/h3-9,15,20,22H,10-14H2,1-2H3,(H,28,31)(H,29,32)/t22-/m1/s1. The number of hydrogen-bond acceptors (Lipinski definition) is 4. The van der Waals surface area contributed by atoms with Crippen LogP contribution in [0.1, 0.15) is 36.5 Å². The average molecular weight is 512 g/mol. The molecular formula is C24H28F3N3O4S. The Kier molecular flexibility index (Phi) is 8.22. The highest BCUT2D eigenvalue weighted by Crippen LogP contribution is 2.31. The van der Waals surface area contributed by atoms with Crippen molar-refractivity contribution in [2.45, 2.75) is 56.3 Å². The fraction of sp³-hybridized carbons (Fsp3) is 0.417. The van der Waals surface area contributed by atoms with Gasteiger partial charge in [-0.05, 0) is 43.5 Å². The van der Waals surface area contributed by atoms with Crippen LogP contribution in [-0.4, -0.2) is 49.7 Å². The number of carbonyl (C=O) groups excluding carboxylic acids is 2. The van der Waals surface area contributed by atoms with Crippen LogP contribution >= 0.6 is 0 Å². The van der Waals surface area contributed by atoms with Gasteiger partial charge >= 0.3 is 6.18 Å². The molecule has 0 saturated carbocycles. The molecule has 1 heterocycles. The Morgan fingerprint density at radius 3 is 2.29 bits per heavy atom. The number of rotatable bonds is 7. The number of aryl methyl sites for hydroxylation is 1. The SMILES string of the molecule is CC(=O)N[C@H](Cc1ccc(C)cc1)C(=O)NC1CCN(S(=O)(=O)c2cccc(C(F)(F)F)c2)CC1. The van der Waals surface area contributed by atoms with E-state index in [2.05, 4.69) is 10.6 Å². The Bertz CT molecular complexity index is 1160. The van der Waals surface area contributed by atoms with Crippen LogP contribution in [0.2, 0.25) is 0 Å². The molecule has 190 valence electrons. The van der Waals surface area contributed by atoms with Gasteiger partial charge in [0.2, 0.25) is 21.8 Å². The van der Waals surface area contributed by atoms with Crippen molar-refractivity contribution in [1.82, 2.24) is 14.9 Å². The van der Waals surface area contributed by atoms with Gasteiger partial charge < -0.3 is 10.6 Å². The largest absolute Gasteiger partial charge is 0.416 e. The van der Waals surface area contributed by atoms with Crippen LogP contribution in [0.4, 0.5) is 13.2 Å². The summed E-state index contributed by atoms with van der Waals surface area (Å²) in [6.45, 7) is 3.37. The molecular weight excluding hydrogens is 483 g/mol. The zero-order chi connectivity index (χ0) is 25.8. The predicted octanol–water partition coefficient (Wildman–Crippen LogP) is 3.03. The Balaban J connectivity index is 1.62. The Hall–Kier alpha value is -2.92. The molecule has 0 radical (unpaired) electrons. The van der Waals surface area contributed by atoms with Crippen LogP contribution in [0.3, 0.4) is 0 Å². The predicted molar refractivity (Wildman–Crippen MR) is 124 cm³/mol. The molecule has 1 aliphatic rings. The lowest BCUT2D eigenvalue weighted by Gasteiger charge is -2.32. The minimum absolute atomic E-state index is 0.0479. The van der Waals surface area contributed by atoms with Crippen molar-refractivity contribution in [3.05, 3.63) is 65.2 Å². The maximum atomic E-state index is 13.0. The number of nitrogens with one attached hydrogen (secondary N) is 2. The zero-order valence-electron chi connectivity index (χ0n) is 19.4.